The molecule has 6 heteroatoms. The number of amides is 2. The van der Waals surface area contributed by atoms with Crippen LogP contribution in [0.3, 0.4) is 0 Å². The Morgan fingerprint density at radius 3 is 1.97 bits per heavy atom. The van der Waals surface area contributed by atoms with Gasteiger partial charge in [0.05, 0.1) is 5.57 Å². The van der Waals surface area contributed by atoms with Gasteiger partial charge in [-0.1, -0.05) is 41.9 Å². The molecule has 2 amide bonds. The van der Waals surface area contributed by atoms with E-state index in [1.54, 1.807) is 12.1 Å². The van der Waals surface area contributed by atoms with E-state index in [0.29, 0.717) is 29.4 Å². The Balaban J connectivity index is 1.66. The third-order valence-electron chi connectivity index (χ3n) is 5.46. The molecule has 0 bridgehead atoms. The molecule has 2 aliphatic heterocycles. The fraction of sp³-hybridized carbons (Fsp3) is 0.304. The van der Waals surface area contributed by atoms with Crippen LogP contribution in [0.1, 0.15) is 19.4 Å². The zero-order valence-corrected chi connectivity index (χ0v) is 17.4. The molecule has 4 rings (SSSR count). The van der Waals surface area contributed by atoms with E-state index >= 15 is 0 Å². The van der Waals surface area contributed by atoms with E-state index in [1.165, 1.54) is 10.6 Å². The first-order valence-corrected chi connectivity index (χ1v) is 10.3. The van der Waals surface area contributed by atoms with Crippen molar-refractivity contribution in [2.45, 2.75) is 19.9 Å². The van der Waals surface area contributed by atoms with Gasteiger partial charge >= 0.3 is 0 Å². The van der Waals surface area contributed by atoms with Gasteiger partial charge in [0.2, 0.25) is 0 Å². The highest BCUT2D eigenvalue weighted by Gasteiger charge is 2.43. The van der Waals surface area contributed by atoms with Gasteiger partial charge in [-0.05, 0) is 43.7 Å². The Kier molecular flexibility index (Phi) is 5.33. The molecule has 150 valence electrons. The van der Waals surface area contributed by atoms with E-state index in [4.69, 9.17) is 11.6 Å². The summed E-state index contributed by atoms with van der Waals surface area (Å²) in [4.78, 5) is 32.1. The second-order valence-electron chi connectivity index (χ2n) is 7.61. The predicted molar refractivity (Wildman–Crippen MR) is 116 cm³/mol. The molecule has 29 heavy (non-hydrogen) atoms. The lowest BCUT2D eigenvalue weighted by atomic mass is 10.0. The van der Waals surface area contributed by atoms with Gasteiger partial charge < -0.3 is 9.80 Å². The van der Waals surface area contributed by atoms with Gasteiger partial charge in [0.1, 0.15) is 5.70 Å². The van der Waals surface area contributed by atoms with E-state index in [2.05, 4.69) is 21.9 Å². The monoisotopic (exact) mass is 409 g/mol. The first-order chi connectivity index (χ1) is 14.0. The van der Waals surface area contributed by atoms with Crippen LogP contribution in [0.25, 0.3) is 5.57 Å². The molecule has 2 aromatic rings. The van der Waals surface area contributed by atoms with Crippen molar-refractivity contribution in [1.82, 2.24) is 9.80 Å². The molecule has 1 fully saturated rings. The third-order valence-corrected chi connectivity index (χ3v) is 5.71. The number of rotatable bonds is 4. The number of benzene rings is 2. The fourth-order valence-corrected chi connectivity index (χ4v) is 4.13. The summed E-state index contributed by atoms with van der Waals surface area (Å²) in [6, 6.07) is 17.2. The summed E-state index contributed by atoms with van der Waals surface area (Å²) in [6.07, 6.45) is 0. The molecule has 2 aliphatic rings. The molecule has 1 saturated heterocycles. The minimum atomic E-state index is -0.229. The summed E-state index contributed by atoms with van der Waals surface area (Å²) in [7, 11) is 0. The van der Waals surface area contributed by atoms with E-state index in [0.717, 1.165) is 18.7 Å². The zero-order valence-electron chi connectivity index (χ0n) is 16.6. The lowest BCUT2D eigenvalue weighted by Gasteiger charge is -2.37. The van der Waals surface area contributed by atoms with Crippen LogP contribution in [0.4, 0.5) is 5.69 Å². The van der Waals surface area contributed by atoms with Crippen molar-refractivity contribution in [3.8, 4) is 0 Å². The van der Waals surface area contributed by atoms with Crippen molar-refractivity contribution in [3.05, 3.63) is 70.9 Å². The summed E-state index contributed by atoms with van der Waals surface area (Å²) in [6.45, 7) is 6.70. The Bertz CT molecular complexity index is 946. The van der Waals surface area contributed by atoms with Crippen LogP contribution in [0.2, 0.25) is 5.02 Å². The van der Waals surface area contributed by atoms with Crippen LogP contribution in [0.15, 0.2) is 60.3 Å². The van der Waals surface area contributed by atoms with Crippen LogP contribution in [-0.4, -0.2) is 53.8 Å². The van der Waals surface area contributed by atoms with Crippen molar-refractivity contribution in [3.63, 3.8) is 0 Å². The molecule has 0 saturated carbocycles. The quantitative estimate of drug-likeness (QED) is 0.723. The van der Waals surface area contributed by atoms with Crippen molar-refractivity contribution in [2.75, 3.05) is 31.1 Å². The molecule has 0 aliphatic carbocycles. The minimum Gasteiger partial charge on any atom is -0.368 e. The van der Waals surface area contributed by atoms with Gasteiger partial charge in [0.25, 0.3) is 11.8 Å². The normalized spacial score (nSPS) is 17.7. The predicted octanol–water partition coefficient (Wildman–Crippen LogP) is 3.65. The van der Waals surface area contributed by atoms with Gasteiger partial charge in [-0.15, -0.1) is 0 Å². The molecule has 0 radical (unpaired) electrons. The molecule has 0 atom stereocenters. The standard InChI is InChI=1S/C23H24ClN3O2/c1-16(2)27-22(28)20(17-8-10-18(24)11-9-17)21(23(27)29)26-14-12-25(13-15-26)19-6-4-3-5-7-19/h3-11,16H,12-15H2,1-2H3. The molecule has 0 spiro atoms. The van der Waals surface area contributed by atoms with E-state index in [-0.39, 0.29) is 17.9 Å². The minimum absolute atomic E-state index is 0.194. The van der Waals surface area contributed by atoms with E-state index < -0.39 is 0 Å². The highest BCUT2D eigenvalue weighted by atomic mass is 35.5. The summed E-state index contributed by atoms with van der Waals surface area (Å²) in [5, 5.41) is 0.602. The summed E-state index contributed by atoms with van der Waals surface area (Å²) in [5.41, 5.74) is 2.90. The SMILES string of the molecule is CC(C)N1C(=O)C(c2ccc(Cl)cc2)=C(N2CCN(c3ccccc3)CC2)C1=O. The highest BCUT2D eigenvalue weighted by molar-refractivity contribution is 6.36. The maximum Gasteiger partial charge on any atom is 0.278 e. The van der Waals surface area contributed by atoms with Crippen molar-refractivity contribution in [2.24, 2.45) is 0 Å². The average molecular weight is 410 g/mol. The molecule has 2 aromatic carbocycles. The van der Waals surface area contributed by atoms with Crippen LogP contribution < -0.4 is 4.90 Å². The maximum absolute atomic E-state index is 13.2. The first-order valence-electron chi connectivity index (χ1n) is 9.90. The second-order valence-corrected chi connectivity index (χ2v) is 8.05. The lowest BCUT2D eigenvalue weighted by Crippen LogP contribution is -2.48. The van der Waals surface area contributed by atoms with Gasteiger partial charge in [-0.25, -0.2) is 0 Å². The number of imide groups is 1. The number of hydrogen-bond acceptors (Lipinski definition) is 4. The molecule has 5 nitrogen and oxygen atoms in total. The fourth-order valence-electron chi connectivity index (χ4n) is 4.00. The number of para-hydroxylation sites is 1. The largest absolute Gasteiger partial charge is 0.368 e. The number of piperazine rings is 1. The Morgan fingerprint density at radius 2 is 1.38 bits per heavy atom. The van der Waals surface area contributed by atoms with E-state index in [9.17, 15) is 9.59 Å². The lowest BCUT2D eigenvalue weighted by molar-refractivity contribution is -0.139. The van der Waals surface area contributed by atoms with Crippen molar-refractivity contribution < 1.29 is 9.59 Å². The summed E-state index contributed by atoms with van der Waals surface area (Å²) in [5.74, 6) is -0.434. The smallest absolute Gasteiger partial charge is 0.278 e. The van der Waals surface area contributed by atoms with Gasteiger partial charge in [0, 0.05) is 42.9 Å². The summed E-state index contributed by atoms with van der Waals surface area (Å²) >= 11 is 6.03. The highest BCUT2D eigenvalue weighted by Crippen LogP contribution is 2.34. The topological polar surface area (TPSA) is 43.9 Å². The second kappa shape index (κ2) is 7.91. The maximum atomic E-state index is 13.2. The summed E-state index contributed by atoms with van der Waals surface area (Å²) < 4.78 is 0. The van der Waals surface area contributed by atoms with Gasteiger partial charge in [-0.2, -0.15) is 0 Å². The van der Waals surface area contributed by atoms with Crippen LogP contribution in [-0.2, 0) is 9.59 Å². The van der Waals surface area contributed by atoms with Gasteiger partial charge in [-0.3, -0.25) is 14.5 Å². The number of halogens is 1. The molecule has 0 aromatic heterocycles. The van der Waals surface area contributed by atoms with Gasteiger partial charge in [0.15, 0.2) is 0 Å². The average Bonchev–Trinajstić information content (AvgIpc) is 2.99. The van der Waals surface area contributed by atoms with E-state index in [1.807, 2.05) is 44.2 Å². The molecule has 2 heterocycles. The number of carbonyl (C=O) groups is 2. The number of carbonyl (C=O) groups excluding carboxylic acids is 2. The number of hydrogen-bond donors (Lipinski definition) is 0. The Labute approximate surface area is 176 Å². The zero-order chi connectivity index (χ0) is 20.5. The van der Waals surface area contributed by atoms with Crippen LogP contribution in [0, 0.1) is 0 Å². The third kappa shape index (κ3) is 3.62. The molecular formula is C23H24ClN3O2. The molecule has 0 N–H and O–H groups in total. The van der Waals surface area contributed by atoms with Crippen molar-refractivity contribution >= 4 is 34.7 Å². The number of nitrogens with zero attached hydrogens (tertiary/aromatic N) is 3. The Hall–Kier alpha value is -2.79. The van der Waals surface area contributed by atoms with Crippen molar-refractivity contribution in [1.29, 1.82) is 0 Å². The first kappa shape index (κ1) is 19.5. The Morgan fingerprint density at radius 1 is 0.793 bits per heavy atom. The molecule has 0 unspecified atom stereocenters. The molecular weight excluding hydrogens is 386 g/mol. The van der Waals surface area contributed by atoms with Crippen LogP contribution in [0.5, 0.6) is 0 Å². The number of anilines is 1. The van der Waals surface area contributed by atoms with Crippen LogP contribution >= 0.6 is 11.6 Å².